The van der Waals surface area contributed by atoms with Crippen molar-refractivity contribution in [1.82, 2.24) is 0 Å². The Balaban J connectivity index is 1.36. The van der Waals surface area contributed by atoms with Crippen LogP contribution in [0.15, 0.2) is 159 Å². The van der Waals surface area contributed by atoms with E-state index in [4.69, 9.17) is 27.1 Å². The Morgan fingerprint density at radius 3 is 0.955 bits per heavy atom. The van der Waals surface area contributed by atoms with Gasteiger partial charge in [-0.3, -0.25) is 0 Å². The van der Waals surface area contributed by atoms with Crippen molar-refractivity contribution in [2.24, 2.45) is 0 Å². The summed E-state index contributed by atoms with van der Waals surface area (Å²) >= 11 is 0. The van der Waals surface area contributed by atoms with Crippen molar-refractivity contribution < 1.29 is 36.3 Å². The monoisotopic (exact) mass is 626 g/mol. The number of benzene rings is 5. The van der Waals surface area contributed by atoms with Crippen LogP contribution >= 0.6 is 15.6 Å². The van der Waals surface area contributed by atoms with E-state index in [1.54, 1.807) is 146 Å². The van der Waals surface area contributed by atoms with Crippen LogP contribution in [0.5, 0.6) is 23.0 Å². The fraction of sp³-hybridized carbons (Fsp3) is 0. The first-order valence-corrected chi connectivity index (χ1v) is 16.3. The first-order valence-electron chi connectivity index (χ1n) is 13.4. The standard InChI is InChI=1S/C34H28O8P2/c1-27(37-43(35,39-31-18-7-3-8-19-31)40-32-20-9-4-10-21-32)29-16-15-17-30(26-29)28(2)38-44(36,41-33-22-11-5-12-23-33)42-34-24-13-6-14-25-34/h3-26H,1-2H2. The van der Waals surface area contributed by atoms with Gasteiger partial charge in [0.05, 0.1) is 0 Å². The molecule has 222 valence electrons. The Labute approximate surface area is 256 Å². The van der Waals surface area contributed by atoms with E-state index < -0.39 is 15.6 Å². The number of phosphoric acid groups is 2. The second-order valence-corrected chi connectivity index (χ2v) is 12.0. The molecule has 0 saturated carbocycles. The van der Waals surface area contributed by atoms with Crippen molar-refractivity contribution in [3.63, 3.8) is 0 Å². The summed E-state index contributed by atoms with van der Waals surface area (Å²) < 4.78 is 62.0. The summed E-state index contributed by atoms with van der Waals surface area (Å²) in [4.78, 5) is 0. The largest absolute Gasteiger partial charge is 0.647 e. The van der Waals surface area contributed by atoms with Gasteiger partial charge in [0, 0.05) is 11.1 Å². The van der Waals surface area contributed by atoms with Crippen LogP contribution in [0.25, 0.3) is 11.5 Å². The van der Waals surface area contributed by atoms with E-state index in [1.165, 1.54) is 0 Å². The minimum Gasteiger partial charge on any atom is -0.386 e. The molecule has 0 aliphatic carbocycles. The molecule has 5 aromatic rings. The minimum absolute atomic E-state index is 0.0147. The van der Waals surface area contributed by atoms with Gasteiger partial charge in [0.2, 0.25) is 0 Å². The minimum atomic E-state index is -4.27. The van der Waals surface area contributed by atoms with Gasteiger partial charge in [-0.05, 0) is 54.6 Å². The lowest BCUT2D eigenvalue weighted by atomic mass is 10.1. The van der Waals surface area contributed by atoms with Crippen molar-refractivity contribution in [3.8, 4) is 23.0 Å². The molecule has 0 aliphatic heterocycles. The van der Waals surface area contributed by atoms with Crippen LogP contribution in [-0.4, -0.2) is 0 Å². The summed E-state index contributed by atoms with van der Waals surface area (Å²) in [6, 6.07) is 40.7. The van der Waals surface area contributed by atoms with Crippen LogP contribution in [0, 0.1) is 0 Å². The highest BCUT2D eigenvalue weighted by Crippen LogP contribution is 2.54. The Morgan fingerprint density at radius 2 is 0.682 bits per heavy atom. The zero-order valence-corrected chi connectivity index (χ0v) is 25.2. The molecule has 0 aromatic heterocycles. The number of para-hydroxylation sites is 4. The highest BCUT2D eigenvalue weighted by molar-refractivity contribution is 7.50. The van der Waals surface area contributed by atoms with Crippen LogP contribution in [-0.2, 0) is 18.2 Å². The SMILES string of the molecule is C=C(OP(=O)(Oc1ccccc1)Oc1ccccc1)c1cccc(C(=C)OP(=O)(Oc2ccccc2)Oc2ccccc2)c1. The molecule has 0 heterocycles. The van der Waals surface area contributed by atoms with Crippen molar-refractivity contribution in [2.75, 3.05) is 0 Å². The Morgan fingerprint density at radius 1 is 0.409 bits per heavy atom. The predicted octanol–water partition coefficient (Wildman–Crippen LogP) is 10.2. The van der Waals surface area contributed by atoms with Crippen molar-refractivity contribution >= 4 is 27.2 Å². The lowest BCUT2D eigenvalue weighted by Gasteiger charge is -2.21. The Bertz CT molecular complexity index is 1580. The van der Waals surface area contributed by atoms with Gasteiger partial charge >= 0.3 is 15.6 Å². The Kier molecular flexibility index (Phi) is 9.56. The van der Waals surface area contributed by atoms with Gasteiger partial charge in [-0.1, -0.05) is 104 Å². The molecule has 5 rings (SSSR count). The van der Waals surface area contributed by atoms with Gasteiger partial charge < -0.3 is 27.1 Å². The fourth-order valence-electron chi connectivity index (χ4n) is 3.80. The molecular weight excluding hydrogens is 598 g/mol. The highest BCUT2D eigenvalue weighted by Gasteiger charge is 2.35. The molecule has 0 fully saturated rings. The van der Waals surface area contributed by atoms with E-state index in [-0.39, 0.29) is 34.5 Å². The highest BCUT2D eigenvalue weighted by atomic mass is 31.2. The molecule has 10 heteroatoms. The van der Waals surface area contributed by atoms with Crippen LogP contribution in [0.2, 0.25) is 0 Å². The fourth-order valence-corrected chi connectivity index (χ4v) is 6.29. The zero-order chi connectivity index (χ0) is 30.8. The van der Waals surface area contributed by atoms with Crippen LogP contribution in [0.3, 0.4) is 0 Å². The summed E-state index contributed by atoms with van der Waals surface area (Å²) in [6.45, 7) is 7.90. The molecular formula is C34H28O8P2. The third kappa shape index (κ3) is 8.45. The molecule has 8 nitrogen and oxygen atoms in total. The lowest BCUT2D eigenvalue weighted by Crippen LogP contribution is -2.06. The van der Waals surface area contributed by atoms with Gasteiger partial charge in [-0.25, -0.2) is 0 Å². The van der Waals surface area contributed by atoms with Gasteiger partial charge in [-0.15, -0.1) is 0 Å². The summed E-state index contributed by atoms with van der Waals surface area (Å²) in [6.07, 6.45) is 0. The number of hydrogen-bond acceptors (Lipinski definition) is 8. The third-order valence-electron chi connectivity index (χ3n) is 5.79. The van der Waals surface area contributed by atoms with Crippen LogP contribution in [0.1, 0.15) is 11.1 Å². The maximum Gasteiger partial charge on any atom is 0.647 e. The predicted molar refractivity (Wildman–Crippen MR) is 170 cm³/mol. The summed E-state index contributed by atoms with van der Waals surface area (Å²) in [5, 5.41) is 0. The summed E-state index contributed by atoms with van der Waals surface area (Å²) in [5.74, 6) is 1.09. The zero-order valence-electron chi connectivity index (χ0n) is 23.4. The topological polar surface area (TPSA) is 89.5 Å². The first-order chi connectivity index (χ1) is 21.3. The molecule has 44 heavy (non-hydrogen) atoms. The number of rotatable bonds is 14. The van der Waals surface area contributed by atoms with Gasteiger partial charge in [0.15, 0.2) is 0 Å². The molecule has 0 saturated heterocycles. The molecule has 0 spiro atoms. The van der Waals surface area contributed by atoms with Crippen molar-refractivity contribution in [3.05, 3.63) is 170 Å². The molecule has 0 aliphatic rings. The van der Waals surface area contributed by atoms with E-state index in [2.05, 4.69) is 13.2 Å². The Hall–Kier alpha value is -5.16. The second-order valence-electron chi connectivity index (χ2n) is 9.12. The number of hydrogen-bond donors (Lipinski definition) is 0. The van der Waals surface area contributed by atoms with E-state index in [9.17, 15) is 9.13 Å². The third-order valence-corrected chi connectivity index (χ3v) is 8.42. The van der Waals surface area contributed by atoms with Gasteiger partial charge in [0.25, 0.3) is 0 Å². The lowest BCUT2D eigenvalue weighted by molar-refractivity contribution is 0.283. The second kappa shape index (κ2) is 13.9. The van der Waals surface area contributed by atoms with E-state index in [0.29, 0.717) is 11.1 Å². The summed E-state index contributed by atoms with van der Waals surface area (Å²) in [7, 11) is -8.55. The smallest absolute Gasteiger partial charge is 0.386 e. The average Bonchev–Trinajstić information content (AvgIpc) is 3.02. The van der Waals surface area contributed by atoms with E-state index >= 15 is 0 Å². The van der Waals surface area contributed by atoms with Crippen LogP contribution < -0.4 is 18.1 Å². The molecule has 0 atom stereocenters. The molecule has 5 aromatic carbocycles. The molecule has 0 radical (unpaired) electrons. The summed E-state index contributed by atoms with van der Waals surface area (Å²) in [5.41, 5.74) is 0.812. The molecule has 0 amide bonds. The normalized spacial score (nSPS) is 11.1. The molecule has 0 bridgehead atoms. The molecule has 0 N–H and O–H groups in total. The first kappa shape index (κ1) is 30.3. The maximum atomic E-state index is 13.8. The quantitative estimate of drug-likeness (QED) is 0.0889. The van der Waals surface area contributed by atoms with Gasteiger partial charge in [-0.2, -0.15) is 9.13 Å². The average molecular weight is 627 g/mol. The van der Waals surface area contributed by atoms with Crippen LogP contribution in [0.4, 0.5) is 0 Å². The van der Waals surface area contributed by atoms with Crippen molar-refractivity contribution in [1.29, 1.82) is 0 Å². The molecule has 0 unspecified atom stereocenters. The van der Waals surface area contributed by atoms with Crippen molar-refractivity contribution in [2.45, 2.75) is 0 Å². The number of phosphoric ester groups is 2. The van der Waals surface area contributed by atoms with E-state index in [1.807, 2.05) is 0 Å². The maximum absolute atomic E-state index is 13.8. The van der Waals surface area contributed by atoms with Gasteiger partial charge in [0.1, 0.15) is 34.5 Å². The van der Waals surface area contributed by atoms with E-state index in [0.717, 1.165) is 0 Å².